The first-order valence-electron chi connectivity index (χ1n) is 3.32. The molecule has 0 aromatic carbocycles. The van der Waals surface area contributed by atoms with Crippen molar-refractivity contribution in [3.05, 3.63) is 18.2 Å². The number of thiol groups is 1. The van der Waals surface area contributed by atoms with E-state index in [2.05, 4.69) is 27.1 Å². The molecule has 12 heavy (non-hydrogen) atoms. The number of H-pyrrole nitrogens is 1. The van der Waals surface area contributed by atoms with Crippen LogP contribution in [0.25, 0.3) is 0 Å². The summed E-state index contributed by atoms with van der Waals surface area (Å²) in [7, 11) is 0. The van der Waals surface area contributed by atoms with Gasteiger partial charge in [0.1, 0.15) is 6.04 Å². The summed E-state index contributed by atoms with van der Waals surface area (Å²) in [5.41, 5.74) is 6.24. The molecule has 0 spiro atoms. The quantitative estimate of drug-likeness (QED) is 0.447. The van der Waals surface area contributed by atoms with E-state index in [4.69, 9.17) is 5.73 Å². The Balaban J connectivity index is 2.47. The first kappa shape index (κ1) is 9.08. The Bertz CT molecular complexity index is 249. The van der Waals surface area contributed by atoms with E-state index in [0.717, 1.165) is 5.69 Å². The van der Waals surface area contributed by atoms with Gasteiger partial charge in [-0.3, -0.25) is 0 Å². The van der Waals surface area contributed by atoms with Crippen molar-refractivity contribution >= 4 is 18.9 Å². The Morgan fingerprint density at radius 3 is 3.17 bits per heavy atom. The van der Waals surface area contributed by atoms with Gasteiger partial charge in [0.15, 0.2) is 0 Å². The first-order valence-corrected chi connectivity index (χ1v) is 3.68. The van der Waals surface area contributed by atoms with Crippen molar-refractivity contribution < 1.29 is 8.98 Å². The molecule has 66 valence electrons. The summed E-state index contributed by atoms with van der Waals surface area (Å²) in [4.78, 5) is 17.4. The minimum absolute atomic E-state index is 0.374. The van der Waals surface area contributed by atoms with E-state index >= 15 is 0 Å². The Kier molecular flexibility index (Phi) is 3.12. The van der Waals surface area contributed by atoms with Crippen LogP contribution in [0.15, 0.2) is 12.5 Å². The van der Waals surface area contributed by atoms with E-state index in [-0.39, 0.29) is 0 Å². The monoisotopic (exact) mass is 187 g/mol. The molecule has 0 fully saturated rings. The van der Waals surface area contributed by atoms with E-state index in [1.54, 1.807) is 6.20 Å². The van der Waals surface area contributed by atoms with Crippen LogP contribution >= 0.6 is 12.9 Å². The Labute approximate surface area is 74.9 Å². The van der Waals surface area contributed by atoms with Gasteiger partial charge in [0.2, 0.25) is 0 Å². The number of carbonyl (C=O) groups excluding carboxylic acids is 1. The van der Waals surface area contributed by atoms with Gasteiger partial charge in [-0.1, -0.05) is 0 Å². The van der Waals surface area contributed by atoms with Crippen LogP contribution in [-0.4, -0.2) is 22.0 Å². The van der Waals surface area contributed by atoms with Crippen LogP contribution in [0.5, 0.6) is 0 Å². The lowest BCUT2D eigenvalue weighted by atomic mass is 10.2. The molecule has 0 amide bonds. The molecule has 0 aliphatic heterocycles. The van der Waals surface area contributed by atoms with E-state index in [9.17, 15) is 4.79 Å². The molecule has 5 nitrogen and oxygen atoms in total. The second-order valence-corrected chi connectivity index (χ2v) is 2.48. The second kappa shape index (κ2) is 4.13. The molecule has 1 unspecified atom stereocenters. The molecular formula is C6H9N3O2S. The molecule has 0 aliphatic carbocycles. The summed E-state index contributed by atoms with van der Waals surface area (Å²) in [5, 5.41) is 0. The molecule has 1 atom stereocenters. The van der Waals surface area contributed by atoms with Gasteiger partial charge in [0.05, 0.1) is 6.33 Å². The molecule has 0 saturated carbocycles. The third kappa shape index (κ3) is 2.24. The number of aromatic nitrogens is 2. The van der Waals surface area contributed by atoms with Gasteiger partial charge in [0, 0.05) is 31.2 Å². The highest BCUT2D eigenvalue weighted by Crippen LogP contribution is 1.98. The fourth-order valence-corrected chi connectivity index (χ4v) is 0.920. The van der Waals surface area contributed by atoms with Gasteiger partial charge in [-0.25, -0.2) is 9.78 Å². The predicted octanol–water partition coefficient (Wildman–Crippen LogP) is -0.333. The zero-order valence-corrected chi connectivity index (χ0v) is 7.12. The highest BCUT2D eigenvalue weighted by Gasteiger charge is 2.14. The molecule has 1 aromatic rings. The van der Waals surface area contributed by atoms with Crippen molar-refractivity contribution in [2.24, 2.45) is 5.73 Å². The molecule has 1 heterocycles. The van der Waals surface area contributed by atoms with Gasteiger partial charge in [-0.2, -0.15) is 0 Å². The normalized spacial score (nSPS) is 12.5. The maximum atomic E-state index is 10.8. The molecule has 0 saturated heterocycles. The third-order valence-electron chi connectivity index (χ3n) is 1.39. The largest absolute Gasteiger partial charge is 0.393 e. The number of nitrogens with two attached hydrogens (primary N) is 1. The fourth-order valence-electron chi connectivity index (χ4n) is 0.784. The van der Waals surface area contributed by atoms with Crippen LogP contribution in [0.3, 0.4) is 0 Å². The highest BCUT2D eigenvalue weighted by molar-refractivity contribution is 7.75. The van der Waals surface area contributed by atoms with Crippen LogP contribution in [0.4, 0.5) is 0 Å². The number of rotatable bonds is 3. The van der Waals surface area contributed by atoms with Gasteiger partial charge in [0.25, 0.3) is 0 Å². The van der Waals surface area contributed by atoms with Crippen LogP contribution in [-0.2, 0) is 15.4 Å². The SMILES string of the molecule is NC(Cc1cnc[nH]1)C(=O)OS. The van der Waals surface area contributed by atoms with Crippen LogP contribution in [0.1, 0.15) is 5.69 Å². The van der Waals surface area contributed by atoms with Crippen molar-refractivity contribution in [2.45, 2.75) is 12.5 Å². The van der Waals surface area contributed by atoms with Gasteiger partial charge in [-0.05, 0) is 0 Å². The topological polar surface area (TPSA) is 81.0 Å². The number of nitrogens with zero attached hydrogens (tertiary/aromatic N) is 1. The molecule has 1 rings (SSSR count). The fraction of sp³-hybridized carbons (Fsp3) is 0.333. The van der Waals surface area contributed by atoms with Gasteiger partial charge >= 0.3 is 5.97 Å². The lowest BCUT2D eigenvalue weighted by Gasteiger charge is -2.05. The number of hydrogen-bond donors (Lipinski definition) is 3. The van der Waals surface area contributed by atoms with Gasteiger partial charge in [-0.15, -0.1) is 0 Å². The molecule has 0 bridgehead atoms. The second-order valence-electron chi connectivity index (χ2n) is 2.30. The molecule has 3 N–H and O–H groups in total. The number of imidazole rings is 1. The van der Waals surface area contributed by atoms with E-state index in [1.165, 1.54) is 6.33 Å². The van der Waals surface area contributed by atoms with Crippen molar-refractivity contribution in [2.75, 3.05) is 0 Å². The van der Waals surface area contributed by atoms with Crippen LogP contribution in [0, 0.1) is 0 Å². The maximum Gasteiger partial charge on any atom is 0.335 e. The number of hydrogen-bond acceptors (Lipinski definition) is 5. The number of nitrogens with one attached hydrogen (secondary N) is 1. The van der Waals surface area contributed by atoms with Gasteiger partial charge < -0.3 is 14.9 Å². The van der Waals surface area contributed by atoms with Crippen molar-refractivity contribution in [1.82, 2.24) is 9.97 Å². The molecular weight excluding hydrogens is 178 g/mol. The van der Waals surface area contributed by atoms with E-state index in [1.807, 2.05) is 0 Å². The van der Waals surface area contributed by atoms with Crippen molar-refractivity contribution in [1.29, 1.82) is 0 Å². The number of carbonyl (C=O) groups is 1. The zero-order valence-electron chi connectivity index (χ0n) is 6.23. The summed E-state index contributed by atoms with van der Waals surface area (Å²) in [6.07, 6.45) is 3.50. The summed E-state index contributed by atoms with van der Waals surface area (Å²) >= 11 is 3.35. The minimum Gasteiger partial charge on any atom is -0.393 e. The number of aromatic amines is 1. The first-order chi connectivity index (χ1) is 5.74. The Morgan fingerprint density at radius 1 is 1.92 bits per heavy atom. The molecule has 1 aromatic heterocycles. The lowest BCUT2D eigenvalue weighted by Crippen LogP contribution is -2.32. The summed E-state index contributed by atoms with van der Waals surface area (Å²) in [6.45, 7) is 0. The Hall–Kier alpha value is -1.01. The lowest BCUT2D eigenvalue weighted by molar-refractivity contribution is -0.134. The van der Waals surface area contributed by atoms with Crippen molar-refractivity contribution in [3.8, 4) is 0 Å². The highest BCUT2D eigenvalue weighted by atomic mass is 32.1. The van der Waals surface area contributed by atoms with E-state index in [0.29, 0.717) is 6.42 Å². The molecule has 0 radical (unpaired) electrons. The maximum absolute atomic E-state index is 10.8. The van der Waals surface area contributed by atoms with Crippen molar-refractivity contribution in [3.63, 3.8) is 0 Å². The summed E-state index contributed by atoms with van der Waals surface area (Å²) in [5.74, 6) is -0.548. The molecule has 0 aliphatic rings. The smallest absolute Gasteiger partial charge is 0.335 e. The summed E-state index contributed by atoms with van der Waals surface area (Å²) in [6, 6.07) is -0.692. The molecule has 6 heteroatoms. The van der Waals surface area contributed by atoms with Crippen LogP contribution < -0.4 is 5.73 Å². The average Bonchev–Trinajstić information content (AvgIpc) is 2.55. The van der Waals surface area contributed by atoms with E-state index < -0.39 is 12.0 Å². The Morgan fingerprint density at radius 2 is 2.67 bits per heavy atom. The predicted molar refractivity (Wildman–Crippen MR) is 45.3 cm³/mol. The summed E-state index contributed by atoms with van der Waals surface area (Å²) < 4.78 is 4.16. The standard InChI is InChI=1S/C6H9N3O2S/c7-5(6(10)11-12)1-4-2-8-3-9-4/h2-3,5,12H,1,7H2,(H,8,9). The van der Waals surface area contributed by atoms with Crippen LogP contribution in [0.2, 0.25) is 0 Å². The third-order valence-corrected chi connectivity index (χ3v) is 1.57. The minimum atomic E-state index is -0.692. The average molecular weight is 187 g/mol. The zero-order chi connectivity index (χ0) is 8.97.